The molecule has 1 aromatic carbocycles. The quantitative estimate of drug-likeness (QED) is 0.872. The smallest absolute Gasteiger partial charge is 0.308 e. The average molecular weight is 378 g/mol. The minimum atomic E-state index is -0.862. The number of halogens is 3. The molecule has 1 amide bonds. The number of likely N-dealkylation sites (tertiary alicyclic amines) is 1. The van der Waals surface area contributed by atoms with Crippen LogP contribution in [0.1, 0.15) is 16.8 Å². The number of pyridine rings is 1. The molecular formula is C15H15Cl3N2O3. The molecule has 0 bridgehead atoms. The Morgan fingerprint density at radius 1 is 1.30 bits per heavy atom. The summed E-state index contributed by atoms with van der Waals surface area (Å²) in [5.74, 6) is -1.57. The molecule has 1 unspecified atom stereocenters. The highest BCUT2D eigenvalue weighted by molar-refractivity contribution is 6.32. The van der Waals surface area contributed by atoms with Crippen LogP contribution < -0.4 is 0 Å². The lowest BCUT2D eigenvalue weighted by Gasteiger charge is -2.17. The van der Waals surface area contributed by atoms with E-state index in [4.69, 9.17) is 16.7 Å². The van der Waals surface area contributed by atoms with Gasteiger partial charge >= 0.3 is 5.97 Å². The number of carboxylic acids is 1. The molecular weight excluding hydrogens is 363 g/mol. The second-order valence-corrected chi connectivity index (χ2v) is 5.54. The summed E-state index contributed by atoms with van der Waals surface area (Å²) in [4.78, 5) is 29.4. The van der Waals surface area contributed by atoms with Crippen LogP contribution in [-0.2, 0) is 4.79 Å². The molecule has 1 aliphatic heterocycles. The van der Waals surface area contributed by atoms with Gasteiger partial charge < -0.3 is 10.0 Å². The number of carbonyl (C=O) groups is 2. The number of aromatic nitrogens is 1. The molecule has 1 atom stereocenters. The van der Waals surface area contributed by atoms with E-state index in [1.807, 2.05) is 6.07 Å². The van der Waals surface area contributed by atoms with E-state index >= 15 is 0 Å². The van der Waals surface area contributed by atoms with E-state index in [-0.39, 0.29) is 37.3 Å². The first-order chi connectivity index (χ1) is 10.1. The molecule has 0 aliphatic carbocycles. The van der Waals surface area contributed by atoms with Crippen LogP contribution >= 0.6 is 36.4 Å². The lowest BCUT2D eigenvalue weighted by molar-refractivity contribution is -0.141. The van der Waals surface area contributed by atoms with Gasteiger partial charge in [0.15, 0.2) is 0 Å². The van der Waals surface area contributed by atoms with E-state index in [2.05, 4.69) is 4.98 Å². The number of amides is 1. The summed E-state index contributed by atoms with van der Waals surface area (Å²) in [5.41, 5.74) is 1.01. The van der Waals surface area contributed by atoms with E-state index < -0.39 is 11.9 Å². The molecule has 23 heavy (non-hydrogen) atoms. The topological polar surface area (TPSA) is 70.5 Å². The molecule has 1 aliphatic rings. The lowest BCUT2D eigenvalue weighted by atomic mass is 10.1. The van der Waals surface area contributed by atoms with Gasteiger partial charge in [0.1, 0.15) is 0 Å². The average Bonchev–Trinajstić information content (AvgIpc) is 2.95. The van der Waals surface area contributed by atoms with Gasteiger partial charge in [-0.25, -0.2) is 0 Å². The molecule has 5 nitrogen and oxygen atoms in total. The molecule has 2 aromatic rings. The van der Waals surface area contributed by atoms with Gasteiger partial charge in [-0.15, -0.1) is 24.8 Å². The minimum Gasteiger partial charge on any atom is -0.481 e. The molecule has 0 saturated carbocycles. The maximum absolute atomic E-state index is 12.6. The van der Waals surface area contributed by atoms with Gasteiger partial charge in [-0.3, -0.25) is 14.6 Å². The van der Waals surface area contributed by atoms with E-state index in [0.717, 1.165) is 5.39 Å². The number of hydrogen-bond acceptors (Lipinski definition) is 3. The number of rotatable bonds is 2. The monoisotopic (exact) mass is 376 g/mol. The van der Waals surface area contributed by atoms with Crippen LogP contribution in [0.4, 0.5) is 0 Å². The van der Waals surface area contributed by atoms with Crippen LogP contribution in [0.3, 0.4) is 0 Å². The van der Waals surface area contributed by atoms with Crippen LogP contribution in [0, 0.1) is 5.92 Å². The van der Waals surface area contributed by atoms with Crippen molar-refractivity contribution in [3.63, 3.8) is 0 Å². The Balaban J connectivity index is 0.00000132. The summed E-state index contributed by atoms with van der Waals surface area (Å²) in [7, 11) is 0. The third-order valence-electron chi connectivity index (χ3n) is 3.72. The van der Waals surface area contributed by atoms with E-state index in [1.54, 1.807) is 29.3 Å². The Hall–Kier alpha value is -1.56. The van der Waals surface area contributed by atoms with Gasteiger partial charge in [0.25, 0.3) is 5.91 Å². The number of aliphatic carboxylic acids is 1. The first kappa shape index (κ1) is 19.5. The van der Waals surface area contributed by atoms with Crippen LogP contribution in [0.5, 0.6) is 0 Å². The number of hydrogen-bond donors (Lipinski definition) is 1. The highest BCUT2D eigenvalue weighted by Gasteiger charge is 2.32. The normalized spacial score (nSPS) is 16.6. The summed E-state index contributed by atoms with van der Waals surface area (Å²) in [6.07, 6.45) is 2.10. The Bertz CT molecular complexity index is 739. The summed E-state index contributed by atoms with van der Waals surface area (Å²) in [6, 6.07) is 6.97. The molecule has 124 valence electrons. The molecule has 0 spiro atoms. The minimum absolute atomic E-state index is 0. The van der Waals surface area contributed by atoms with Crippen molar-refractivity contribution in [3.8, 4) is 0 Å². The number of nitrogens with zero attached hydrogens (tertiary/aromatic N) is 2. The van der Waals surface area contributed by atoms with E-state index in [9.17, 15) is 9.59 Å². The van der Waals surface area contributed by atoms with Gasteiger partial charge in [-0.05, 0) is 24.6 Å². The highest BCUT2D eigenvalue weighted by atomic mass is 35.5. The van der Waals surface area contributed by atoms with Crippen molar-refractivity contribution < 1.29 is 14.7 Å². The fourth-order valence-electron chi connectivity index (χ4n) is 2.64. The van der Waals surface area contributed by atoms with E-state index in [0.29, 0.717) is 29.1 Å². The fourth-order valence-corrected chi connectivity index (χ4v) is 2.86. The second kappa shape index (κ2) is 7.81. The number of carboxylic acid groups (broad SMARTS) is 1. The van der Waals surface area contributed by atoms with Crippen LogP contribution in [0.25, 0.3) is 10.9 Å². The van der Waals surface area contributed by atoms with Crippen molar-refractivity contribution in [3.05, 3.63) is 41.0 Å². The second-order valence-electron chi connectivity index (χ2n) is 5.10. The predicted octanol–water partition coefficient (Wildman–Crippen LogP) is 3.28. The molecule has 1 N–H and O–H groups in total. The zero-order valence-electron chi connectivity index (χ0n) is 11.9. The summed E-state index contributed by atoms with van der Waals surface area (Å²) in [5, 5.41) is 10.3. The fraction of sp³-hybridized carbons (Fsp3) is 0.267. The SMILES string of the molecule is Cl.Cl.O=C(O)C1CCN(C(=O)c2cc(Cl)cc3cccnc23)C1. The number of fused-ring (bicyclic) bond motifs is 1. The molecule has 2 heterocycles. The summed E-state index contributed by atoms with van der Waals surface area (Å²) >= 11 is 6.06. The molecule has 8 heteroatoms. The lowest BCUT2D eigenvalue weighted by Crippen LogP contribution is -2.30. The zero-order chi connectivity index (χ0) is 15.0. The first-order valence-corrected chi connectivity index (χ1v) is 7.00. The van der Waals surface area contributed by atoms with Gasteiger partial charge in [0.05, 0.1) is 17.0 Å². The summed E-state index contributed by atoms with van der Waals surface area (Å²) in [6.45, 7) is 0.672. The van der Waals surface area contributed by atoms with Crippen molar-refractivity contribution in [2.45, 2.75) is 6.42 Å². The Morgan fingerprint density at radius 3 is 2.70 bits per heavy atom. The van der Waals surface area contributed by atoms with Gasteiger partial charge in [-0.1, -0.05) is 17.7 Å². The van der Waals surface area contributed by atoms with Gasteiger partial charge in [0, 0.05) is 29.7 Å². The van der Waals surface area contributed by atoms with Crippen LogP contribution in [0.15, 0.2) is 30.5 Å². The zero-order valence-corrected chi connectivity index (χ0v) is 14.3. The number of carbonyl (C=O) groups excluding carboxylic acids is 1. The highest BCUT2D eigenvalue weighted by Crippen LogP contribution is 2.26. The maximum Gasteiger partial charge on any atom is 0.308 e. The summed E-state index contributed by atoms with van der Waals surface area (Å²) < 4.78 is 0. The maximum atomic E-state index is 12.6. The molecule has 0 radical (unpaired) electrons. The van der Waals surface area contributed by atoms with Gasteiger partial charge in [0.2, 0.25) is 0 Å². The van der Waals surface area contributed by atoms with Crippen LogP contribution in [0.2, 0.25) is 5.02 Å². The molecule has 3 rings (SSSR count). The largest absolute Gasteiger partial charge is 0.481 e. The van der Waals surface area contributed by atoms with Crippen LogP contribution in [-0.4, -0.2) is 40.0 Å². The molecule has 1 aromatic heterocycles. The van der Waals surface area contributed by atoms with Crippen molar-refractivity contribution in [2.75, 3.05) is 13.1 Å². The first-order valence-electron chi connectivity index (χ1n) is 6.62. The predicted molar refractivity (Wildman–Crippen MR) is 92.9 cm³/mol. The molecule has 1 saturated heterocycles. The van der Waals surface area contributed by atoms with Crippen molar-refractivity contribution in [2.24, 2.45) is 5.92 Å². The Labute approximate surface area is 150 Å². The Kier molecular flexibility index (Phi) is 6.62. The Morgan fingerprint density at radius 2 is 2.04 bits per heavy atom. The van der Waals surface area contributed by atoms with Gasteiger partial charge in [-0.2, -0.15) is 0 Å². The van der Waals surface area contributed by atoms with E-state index in [1.165, 1.54) is 0 Å². The van der Waals surface area contributed by atoms with Crippen molar-refractivity contribution in [1.82, 2.24) is 9.88 Å². The molecule has 1 fully saturated rings. The number of benzene rings is 1. The van der Waals surface area contributed by atoms with Crippen molar-refractivity contribution in [1.29, 1.82) is 0 Å². The third kappa shape index (κ3) is 3.86. The standard InChI is InChI=1S/C15H13ClN2O3.2ClH/c16-11-6-9-2-1-4-17-13(9)12(7-11)14(19)18-5-3-10(8-18)15(20)21;;/h1-2,4,6-7,10H,3,5,8H2,(H,20,21);2*1H. The van der Waals surface area contributed by atoms with Crippen molar-refractivity contribution >= 4 is 59.2 Å². The third-order valence-corrected chi connectivity index (χ3v) is 3.94.